The van der Waals surface area contributed by atoms with Gasteiger partial charge in [-0.05, 0) is 24.6 Å². The van der Waals surface area contributed by atoms with Crippen molar-refractivity contribution < 1.29 is 4.74 Å². The van der Waals surface area contributed by atoms with Gasteiger partial charge in [-0.2, -0.15) is 5.10 Å². The van der Waals surface area contributed by atoms with Gasteiger partial charge in [0.05, 0.1) is 18.4 Å². The van der Waals surface area contributed by atoms with Crippen molar-refractivity contribution in [3.8, 4) is 0 Å². The minimum atomic E-state index is 0.141. The molecule has 0 aromatic heterocycles. The number of thioether (sulfide) groups is 1. The van der Waals surface area contributed by atoms with Crippen molar-refractivity contribution in [2.75, 3.05) is 19.5 Å². The summed E-state index contributed by atoms with van der Waals surface area (Å²) in [5.41, 5.74) is 5.16. The van der Waals surface area contributed by atoms with Crippen LogP contribution in [0.15, 0.2) is 38.8 Å². The molecule has 1 aromatic rings. The third-order valence-corrected chi connectivity index (χ3v) is 3.92. The molecular formula is C13H16BrN3OS. The molecule has 1 aliphatic rings. The molecule has 0 unspecified atom stereocenters. The fraction of sp³-hybridized carbons (Fsp3) is 0.385. The number of ether oxygens (including phenoxy) is 1. The van der Waals surface area contributed by atoms with Crippen LogP contribution in [0.25, 0.3) is 0 Å². The molecule has 102 valence electrons. The second kappa shape index (κ2) is 7.07. The Labute approximate surface area is 125 Å². The van der Waals surface area contributed by atoms with Crippen LogP contribution in [0.5, 0.6) is 0 Å². The Kier molecular flexibility index (Phi) is 5.42. The van der Waals surface area contributed by atoms with E-state index in [4.69, 9.17) is 4.74 Å². The van der Waals surface area contributed by atoms with E-state index in [0.29, 0.717) is 6.61 Å². The van der Waals surface area contributed by atoms with Crippen molar-refractivity contribution in [3.63, 3.8) is 0 Å². The van der Waals surface area contributed by atoms with E-state index in [2.05, 4.69) is 43.6 Å². The highest BCUT2D eigenvalue weighted by molar-refractivity contribution is 9.10. The molecule has 6 heteroatoms. The predicted octanol–water partition coefficient (Wildman–Crippen LogP) is 2.88. The molecule has 1 atom stereocenters. The molecule has 1 heterocycles. The van der Waals surface area contributed by atoms with Gasteiger partial charge in [0.1, 0.15) is 0 Å². The number of benzene rings is 1. The quantitative estimate of drug-likeness (QED) is 0.915. The number of nitrogens with one attached hydrogen (secondary N) is 1. The summed E-state index contributed by atoms with van der Waals surface area (Å²) in [4.78, 5) is 4.50. The molecule has 0 saturated heterocycles. The Morgan fingerprint density at radius 3 is 3.05 bits per heavy atom. The van der Waals surface area contributed by atoms with Gasteiger partial charge >= 0.3 is 0 Å². The summed E-state index contributed by atoms with van der Waals surface area (Å²) in [6.07, 6.45) is 0. The lowest BCUT2D eigenvalue weighted by molar-refractivity contribution is 0.186. The molecule has 1 aromatic carbocycles. The fourth-order valence-corrected chi connectivity index (χ4v) is 2.95. The van der Waals surface area contributed by atoms with Gasteiger partial charge in [0.25, 0.3) is 0 Å². The van der Waals surface area contributed by atoms with Crippen LogP contribution in [-0.2, 0) is 4.74 Å². The van der Waals surface area contributed by atoms with Crippen LogP contribution in [-0.4, -0.2) is 36.4 Å². The van der Waals surface area contributed by atoms with E-state index >= 15 is 0 Å². The maximum atomic E-state index is 5.06. The average Bonchev–Trinajstić information content (AvgIpc) is 2.40. The number of halogens is 1. The van der Waals surface area contributed by atoms with Gasteiger partial charge in [-0.15, -0.1) is 0 Å². The van der Waals surface area contributed by atoms with E-state index in [1.54, 1.807) is 18.9 Å². The van der Waals surface area contributed by atoms with Crippen LogP contribution in [0.4, 0.5) is 0 Å². The highest BCUT2D eigenvalue weighted by atomic mass is 79.9. The average molecular weight is 342 g/mol. The Hall–Kier alpha value is -0.850. The lowest BCUT2D eigenvalue weighted by Crippen LogP contribution is -2.27. The Balaban J connectivity index is 2.04. The highest BCUT2D eigenvalue weighted by Crippen LogP contribution is 2.17. The molecule has 0 spiro atoms. The lowest BCUT2D eigenvalue weighted by Gasteiger charge is -2.16. The normalized spacial score (nSPS) is 18.9. The van der Waals surface area contributed by atoms with Gasteiger partial charge in [0, 0.05) is 17.3 Å². The first-order valence-electron chi connectivity index (χ1n) is 5.97. The van der Waals surface area contributed by atoms with Crippen molar-refractivity contribution in [1.82, 2.24) is 5.43 Å². The van der Waals surface area contributed by atoms with E-state index < -0.39 is 0 Å². The predicted molar refractivity (Wildman–Crippen MR) is 85.0 cm³/mol. The summed E-state index contributed by atoms with van der Waals surface area (Å²) in [5, 5.41) is 5.24. The molecule has 1 aliphatic heterocycles. The summed E-state index contributed by atoms with van der Waals surface area (Å²) in [5.74, 6) is 0.821. The summed E-state index contributed by atoms with van der Waals surface area (Å²) in [6.45, 7) is 2.64. The number of rotatable bonds is 4. The third kappa shape index (κ3) is 4.33. The van der Waals surface area contributed by atoms with Crippen LogP contribution >= 0.6 is 27.7 Å². The van der Waals surface area contributed by atoms with Gasteiger partial charge in [0.2, 0.25) is 0 Å². The van der Waals surface area contributed by atoms with Crippen molar-refractivity contribution in [3.05, 3.63) is 34.3 Å². The number of amidine groups is 1. The monoisotopic (exact) mass is 341 g/mol. The first kappa shape index (κ1) is 14.6. The number of hydrogen-bond acceptors (Lipinski definition) is 4. The zero-order valence-electron chi connectivity index (χ0n) is 10.9. The van der Waals surface area contributed by atoms with Crippen molar-refractivity contribution in [2.24, 2.45) is 10.1 Å². The molecular weight excluding hydrogens is 326 g/mol. The maximum Gasteiger partial charge on any atom is 0.177 e. The van der Waals surface area contributed by atoms with E-state index in [-0.39, 0.29) is 6.04 Å². The zero-order chi connectivity index (χ0) is 13.7. The molecule has 0 amide bonds. The number of hydrogen-bond donors (Lipinski definition) is 1. The van der Waals surface area contributed by atoms with Gasteiger partial charge in [-0.3, -0.25) is 10.4 Å². The van der Waals surface area contributed by atoms with Crippen LogP contribution in [0.2, 0.25) is 0 Å². The maximum absolute atomic E-state index is 5.06. The first-order valence-corrected chi connectivity index (χ1v) is 7.75. The van der Waals surface area contributed by atoms with Gasteiger partial charge in [-0.1, -0.05) is 39.8 Å². The SMILES string of the molecule is COC[C@H](C)N=C1NN=C(c2cccc(Br)c2)CS1. The molecule has 0 fully saturated rings. The molecule has 2 rings (SSSR count). The smallest absolute Gasteiger partial charge is 0.177 e. The number of hydrazone groups is 1. The molecule has 1 N–H and O–H groups in total. The minimum absolute atomic E-state index is 0.141. The van der Waals surface area contributed by atoms with E-state index in [1.165, 1.54) is 0 Å². The second-order valence-electron chi connectivity index (χ2n) is 4.21. The Morgan fingerprint density at radius 1 is 1.58 bits per heavy atom. The second-order valence-corrected chi connectivity index (χ2v) is 6.09. The topological polar surface area (TPSA) is 46.0 Å². The van der Waals surface area contributed by atoms with Crippen LogP contribution in [0, 0.1) is 0 Å². The fourth-order valence-electron chi connectivity index (χ4n) is 1.68. The van der Waals surface area contributed by atoms with Crippen LogP contribution in [0.1, 0.15) is 12.5 Å². The van der Waals surface area contributed by atoms with Gasteiger partial charge < -0.3 is 4.74 Å². The van der Waals surface area contributed by atoms with Gasteiger partial charge in [0.15, 0.2) is 5.17 Å². The van der Waals surface area contributed by atoms with Crippen molar-refractivity contribution in [1.29, 1.82) is 0 Å². The van der Waals surface area contributed by atoms with E-state index in [1.807, 2.05) is 19.1 Å². The van der Waals surface area contributed by atoms with E-state index in [9.17, 15) is 0 Å². The van der Waals surface area contributed by atoms with Gasteiger partial charge in [-0.25, -0.2) is 0 Å². The molecule has 0 saturated carbocycles. The summed E-state index contributed by atoms with van der Waals surface area (Å²) < 4.78 is 6.12. The third-order valence-electron chi connectivity index (χ3n) is 2.54. The number of methoxy groups -OCH3 is 1. The lowest BCUT2D eigenvalue weighted by atomic mass is 10.1. The number of aliphatic imine (C=N–C) groups is 1. The van der Waals surface area contributed by atoms with Crippen LogP contribution < -0.4 is 5.43 Å². The Bertz CT molecular complexity index is 504. The van der Waals surface area contributed by atoms with Crippen molar-refractivity contribution >= 4 is 38.6 Å². The Morgan fingerprint density at radius 2 is 2.42 bits per heavy atom. The minimum Gasteiger partial charge on any atom is -0.382 e. The zero-order valence-corrected chi connectivity index (χ0v) is 13.3. The summed E-state index contributed by atoms with van der Waals surface area (Å²) in [6, 6.07) is 8.28. The molecule has 0 bridgehead atoms. The summed E-state index contributed by atoms with van der Waals surface area (Å²) >= 11 is 5.13. The highest BCUT2D eigenvalue weighted by Gasteiger charge is 2.14. The molecule has 4 nitrogen and oxygen atoms in total. The first-order chi connectivity index (χ1) is 9.19. The molecule has 0 aliphatic carbocycles. The van der Waals surface area contributed by atoms with Crippen LogP contribution in [0.3, 0.4) is 0 Å². The number of nitrogens with zero attached hydrogens (tertiary/aromatic N) is 2. The standard InChI is InChI=1S/C13H16BrN3OS/c1-9(7-18-2)15-13-17-16-12(8-19-13)10-4-3-5-11(14)6-10/h3-6,9H,7-8H2,1-2H3,(H,15,17)/t9-/m0/s1. The van der Waals surface area contributed by atoms with E-state index in [0.717, 1.165) is 26.7 Å². The molecule has 0 radical (unpaired) electrons. The molecule has 19 heavy (non-hydrogen) atoms. The van der Waals surface area contributed by atoms with Crippen molar-refractivity contribution in [2.45, 2.75) is 13.0 Å². The largest absolute Gasteiger partial charge is 0.382 e. The summed E-state index contributed by atoms with van der Waals surface area (Å²) in [7, 11) is 1.68.